The van der Waals surface area contributed by atoms with Gasteiger partial charge in [-0.1, -0.05) is 11.3 Å². The summed E-state index contributed by atoms with van der Waals surface area (Å²) in [6, 6.07) is 2.00. The van der Waals surface area contributed by atoms with Crippen molar-refractivity contribution < 1.29 is 14.3 Å². The lowest BCUT2D eigenvalue weighted by Gasteiger charge is -2.00. The molecule has 0 saturated carbocycles. The number of aromatic nitrogens is 1. The molecule has 0 fully saturated rings. The lowest BCUT2D eigenvalue weighted by Crippen LogP contribution is -2.11. The zero-order valence-corrected chi connectivity index (χ0v) is 12.8. The first kappa shape index (κ1) is 14.7. The first-order valence-electron chi connectivity index (χ1n) is 5.97. The minimum Gasteiger partial charge on any atom is -0.465 e. The highest BCUT2D eigenvalue weighted by molar-refractivity contribution is 7.17. The highest BCUT2D eigenvalue weighted by Gasteiger charge is 2.16. The Morgan fingerprint density at radius 1 is 1.45 bits per heavy atom. The molecule has 2 aromatic rings. The molecule has 1 N–H and O–H groups in total. The van der Waals surface area contributed by atoms with Crippen molar-refractivity contribution in [2.75, 3.05) is 12.4 Å². The summed E-state index contributed by atoms with van der Waals surface area (Å²) in [5.74, 6) is -0.542. The topological polar surface area (TPSA) is 68.3 Å². The van der Waals surface area contributed by atoms with Crippen LogP contribution in [0.25, 0.3) is 0 Å². The number of nitrogens with one attached hydrogen (secondary N) is 1. The molecule has 5 nitrogen and oxygen atoms in total. The van der Waals surface area contributed by atoms with Crippen molar-refractivity contribution in [2.24, 2.45) is 0 Å². The first-order chi connectivity index (χ1) is 9.60. The van der Waals surface area contributed by atoms with Gasteiger partial charge in [-0.15, -0.1) is 0 Å². The maximum absolute atomic E-state index is 11.8. The molecule has 0 saturated heterocycles. The van der Waals surface area contributed by atoms with Gasteiger partial charge in [0.05, 0.1) is 12.8 Å². The molecule has 0 aromatic carbocycles. The number of thiazole rings is 1. The van der Waals surface area contributed by atoms with Gasteiger partial charge >= 0.3 is 5.97 Å². The van der Waals surface area contributed by atoms with E-state index < -0.39 is 5.97 Å². The fourth-order valence-corrected chi connectivity index (χ4v) is 3.21. The largest absolute Gasteiger partial charge is 0.465 e. The first-order valence-corrected chi connectivity index (χ1v) is 7.72. The van der Waals surface area contributed by atoms with Crippen LogP contribution in [0, 0.1) is 6.92 Å². The van der Waals surface area contributed by atoms with E-state index in [0.717, 1.165) is 16.9 Å². The molecule has 0 bridgehead atoms. The van der Waals surface area contributed by atoms with Crippen LogP contribution in [0.2, 0.25) is 0 Å². The molecule has 2 aromatic heterocycles. The van der Waals surface area contributed by atoms with E-state index >= 15 is 0 Å². The zero-order valence-electron chi connectivity index (χ0n) is 11.1. The van der Waals surface area contributed by atoms with Crippen LogP contribution in [0.3, 0.4) is 0 Å². The van der Waals surface area contributed by atoms with Crippen LogP contribution in [0.15, 0.2) is 16.8 Å². The molecule has 0 atom stereocenters. The second-order valence-corrected chi connectivity index (χ2v) is 5.88. The molecule has 1 amide bonds. The van der Waals surface area contributed by atoms with Crippen LogP contribution in [0.5, 0.6) is 0 Å². The van der Waals surface area contributed by atoms with Crippen LogP contribution in [0.1, 0.15) is 27.3 Å². The monoisotopic (exact) mass is 310 g/mol. The number of carbonyl (C=O) groups excluding carboxylic acids is 2. The molecule has 0 aliphatic heterocycles. The van der Waals surface area contributed by atoms with Gasteiger partial charge in [0.25, 0.3) is 0 Å². The second kappa shape index (κ2) is 6.62. The molecule has 106 valence electrons. The van der Waals surface area contributed by atoms with E-state index in [1.54, 1.807) is 18.3 Å². The number of esters is 1. The predicted octanol–water partition coefficient (Wildman–Crippen LogP) is 2.87. The maximum Gasteiger partial charge on any atom is 0.350 e. The number of nitrogens with zero attached hydrogens (tertiary/aromatic N) is 1. The molecular weight excluding hydrogens is 296 g/mol. The summed E-state index contributed by atoms with van der Waals surface area (Å²) in [4.78, 5) is 27.8. The van der Waals surface area contributed by atoms with Crippen molar-refractivity contribution in [3.05, 3.63) is 33.0 Å². The van der Waals surface area contributed by atoms with E-state index in [4.69, 9.17) is 0 Å². The van der Waals surface area contributed by atoms with Gasteiger partial charge in [0.2, 0.25) is 5.91 Å². The van der Waals surface area contributed by atoms with E-state index in [-0.39, 0.29) is 5.91 Å². The Labute approximate surface area is 124 Å². The Bertz CT molecular complexity index is 605. The van der Waals surface area contributed by atoms with Gasteiger partial charge in [0, 0.05) is 6.42 Å². The Balaban J connectivity index is 1.92. The number of anilines is 1. The number of thiophene rings is 1. The number of hydrogen-bond donors (Lipinski definition) is 1. The number of methoxy groups -OCH3 is 1. The minimum absolute atomic E-state index is 0.110. The van der Waals surface area contributed by atoms with E-state index in [1.807, 2.05) is 16.8 Å². The van der Waals surface area contributed by atoms with Gasteiger partial charge in [-0.3, -0.25) is 4.79 Å². The summed E-state index contributed by atoms with van der Waals surface area (Å²) in [7, 11) is 1.32. The average Bonchev–Trinajstić information content (AvgIpc) is 3.05. The maximum atomic E-state index is 11.8. The standard InChI is InChI=1S/C13H14N2O3S2/c1-8-11(12(17)18-2)20-13(14-8)15-10(16)4-3-9-5-6-19-7-9/h5-7H,3-4H2,1-2H3,(H,14,15,16). The lowest BCUT2D eigenvalue weighted by molar-refractivity contribution is -0.116. The molecule has 0 radical (unpaired) electrons. The fraction of sp³-hybridized carbons (Fsp3) is 0.308. The van der Waals surface area contributed by atoms with Crippen molar-refractivity contribution in [1.82, 2.24) is 4.98 Å². The molecule has 2 rings (SSSR count). The highest BCUT2D eigenvalue weighted by atomic mass is 32.1. The van der Waals surface area contributed by atoms with Gasteiger partial charge in [-0.25, -0.2) is 9.78 Å². The van der Waals surface area contributed by atoms with Crippen molar-refractivity contribution in [3.63, 3.8) is 0 Å². The molecular formula is C13H14N2O3S2. The van der Waals surface area contributed by atoms with Gasteiger partial charge in [0.1, 0.15) is 4.88 Å². The fourth-order valence-electron chi connectivity index (χ4n) is 1.61. The Hall–Kier alpha value is -1.73. The van der Waals surface area contributed by atoms with E-state index in [0.29, 0.717) is 28.5 Å². The third kappa shape index (κ3) is 3.64. The summed E-state index contributed by atoms with van der Waals surface area (Å²) in [5, 5.41) is 7.15. The lowest BCUT2D eigenvalue weighted by atomic mass is 10.2. The van der Waals surface area contributed by atoms with Crippen molar-refractivity contribution >= 4 is 39.7 Å². The summed E-state index contributed by atoms with van der Waals surface area (Å²) >= 11 is 2.74. The molecule has 0 aliphatic rings. The molecule has 7 heteroatoms. The molecule has 0 aliphatic carbocycles. The summed E-state index contributed by atoms with van der Waals surface area (Å²) in [6.07, 6.45) is 1.09. The number of hydrogen-bond acceptors (Lipinski definition) is 6. The van der Waals surface area contributed by atoms with Crippen LogP contribution >= 0.6 is 22.7 Å². The van der Waals surface area contributed by atoms with E-state index in [9.17, 15) is 9.59 Å². The molecule has 0 spiro atoms. The minimum atomic E-state index is -0.432. The van der Waals surface area contributed by atoms with E-state index in [1.165, 1.54) is 7.11 Å². The number of rotatable bonds is 5. The van der Waals surface area contributed by atoms with Crippen molar-refractivity contribution in [2.45, 2.75) is 19.8 Å². The third-order valence-corrected chi connectivity index (χ3v) is 4.42. The molecule has 20 heavy (non-hydrogen) atoms. The Kier molecular flexibility index (Phi) is 4.86. The van der Waals surface area contributed by atoms with Crippen LogP contribution < -0.4 is 5.32 Å². The highest BCUT2D eigenvalue weighted by Crippen LogP contribution is 2.23. The number of carbonyl (C=O) groups is 2. The second-order valence-electron chi connectivity index (χ2n) is 4.10. The SMILES string of the molecule is COC(=O)c1sc(NC(=O)CCc2ccsc2)nc1C. The Morgan fingerprint density at radius 2 is 2.25 bits per heavy atom. The van der Waals surface area contributed by atoms with Crippen molar-refractivity contribution in [3.8, 4) is 0 Å². The number of aryl methyl sites for hydroxylation is 2. The number of ether oxygens (including phenoxy) is 1. The van der Waals surface area contributed by atoms with Crippen molar-refractivity contribution in [1.29, 1.82) is 0 Å². The summed E-state index contributed by atoms with van der Waals surface area (Å²) < 4.78 is 4.65. The predicted molar refractivity (Wildman–Crippen MR) is 79.5 cm³/mol. The van der Waals surface area contributed by atoms with Crippen LogP contribution in [-0.4, -0.2) is 24.0 Å². The molecule has 2 heterocycles. The zero-order chi connectivity index (χ0) is 14.5. The summed E-state index contributed by atoms with van der Waals surface area (Å²) in [6.45, 7) is 1.71. The summed E-state index contributed by atoms with van der Waals surface area (Å²) in [5.41, 5.74) is 1.71. The van der Waals surface area contributed by atoms with E-state index in [2.05, 4.69) is 15.0 Å². The number of amides is 1. The van der Waals surface area contributed by atoms with Gasteiger partial charge in [-0.2, -0.15) is 11.3 Å². The normalized spacial score (nSPS) is 10.3. The molecule has 0 unspecified atom stereocenters. The third-order valence-electron chi connectivity index (χ3n) is 2.63. The van der Waals surface area contributed by atoms with Gasteiger partial charge < -0.3 is 10.1 Å². The van der Waals surface area contributed by atoms with Crippen LogP contribution in [0.4, 0.5) is 5.13 Å². The van der Waals surface area contributed by atoms with Gasteiger partial charge in [-0.05, 0) is 35.7 Å². The quantitative estimate of drug-likeness (QED) is 0.862. The van der Waals surface area contributed by atoms with Crippen LogP contribution in [-0.2, 0) is 16.0 Å². The smallest absolute Gasteiger partial charge is 0.350 e. The Morgan fingerprint density at radius 3 is 2.90 bits per heavy atom. The van der Waals surface area contributed by atoms with Gasteiger partial charge in [0.15, 0.2) is 5.13 Å². The average molecular weight is 310 g/mol.